The number of benzene rings is 2. The lowest BCUT2D eigenvalue weighted by atomic mass is 10.1. The molecule has 2 aromatic rings. The molecule has 3 rings (SSSR count). The van der Waals surface area contributed by atoms with Gasteiger partial charge in [-0.25, -0.2) is 0 Å². The third kappa shape index (κ3) is 3.75. The minimum Gasteiger partial charge on any atom is -0.493 e. The molecule has 1 atom stereocenters. The molecule has 0 spiro atoms. The minimum atomic E-state index is 0.127. The number of carbonyl (C=O) groups excluding carboxylic acids is 1. The Labute approximate surface area is 145 Å². The Bertz CT molecular complexity index is 701. The van der Waals surface area contributed by atoms with Crippen LogP contribution in [0.25, 0.3) is 0 Å². The van der Waals surface area contributed by atoms with Crippen LogP contribution >= 0.6 is 15.9 Å². The van der Waals surface area contributed by atoms with Gasteiger partial charge in [0, 0.05) is 11.5 Å². The summed E-state index contributed by atoms with van der Waals surface area (Å²) in [5.74, 6) is 0.905. The van der Waals surface area contributed by atoms with Crippen molar-refractivity contribution in [1.29, 1.82) is 0 Å². The molecule has 1 aliphatic carbocycles. The average molecular weight is 374 g/mol. The molecule has 0 heterocycles. The molecule has 0 aliphatic heterocycles. The van der Waals surface area contributed by atoms with Gasteiger partial charge in [-0.2, -0.15) is 0 Å². The Morgan fingerprint density at radius 1 is 1.26 bits per heavy atom. The maximum atomic E-state index is 12.4. The van der Waals surface area contributed by atoms with Gasteiger partial charge in [0.15, 0.2) is 0 Å². The van der Waals surface area contributed by atoms with Crippen molar-refractivity contribution in [2.75, 3.05) is 13.7 Å². The van der Waals surface area contributed by atoms with Crippen LogP contribution in [0, 0.1) is 0 Å². The molecule has 4 heteroatoms. The molecule has 0 aromatic heterocycles. The molecule has 0 bridgehead atoms. The highest BCUT2D eigenvalue weighted by atomic mass is 79.9. The van der Waals surface area contributed by atoms with E-state index in [2.05, 4.69) is 34.1 Å². The lowest BCUT2D eigenvalue weighted by Gasteiger charge is -2.25. The monoisotopic (exact) mass is 373 g/mol. The molecular weight excluding hydrogens is 354 g/mol. The van der Waals surface area contributed by atoms with E-state index in [1.807, 2.05) is 42.3 Å². The van der Waals surface area contributed by atoms with Crippen LogP contribution in [0.15, 0.2) is 53.0 Å². The largest absolute Gasteiger partial charge is 0.493 e. The van der Waals surface area contributed by atoms with Crippen LogP contribution in [0.1, 0.15) is 30.0 Å². The third-order valence-electron chi connectivity index (χ3n) is 4.34. The summed E-state index contributed by atoms with van der Waals surface area (Å²) in [7, 11) is 1.90. The Hall–Kier alpha value is -1.81. The number of halogens is 1. The zero-order chi connectivity index (χ0) is 16.2. The van der Waals surface area contributed by atoms with Gasteiger partial charge < -0.3 is 9.64 Å². The van der Waals surface area contributed by atoms with Crippen molar-refractivity contribution in [3.8, 4) is 5.75 Å². The summed E-state index contributed by atoms with van der Waals surface area (Å²) in [5.41, 5.74) is 2.65. The van der Waals surface area contributed by atoms with Gasteiger partial charge in [-0.15, -0.1) is 0 Å². The highest BCUT2D eigenvalue weighted by molar-refractivity contribution is 9.10. The van der Waals surface area contributed by atoms with Crippen LogP contribution in [0.5, 0.6) is 5.75 Å². The number of carbonyl (C=O) groups is 1. The van der Waals surface area contributed by atoms with Gasteiger partial charge in [-0.3, -0.25) is 4.79 Å². The summed E-state index contributed by atoms with van der Waals surface area (Å²) in [4.78, 5) is 14.3. The predicted molar refractivity (Wildman–Crippen MR) is 94.5 cm³/mol. The first-order chi connectivity index (χ1) is 11.1. The van der Waals surface area contributed by atoms with E-state index in [4.69, 9.17) is 4.74 Å². The van der Waals surface area contributed by atoms with E-state index >= 15 is 0 Å². The molecule has 0 radical (unpaired) electrons. The summed E-state index contributed by atoms with van der Waals surface area (Å²) < 4.78 is 6.64. The first-order valence-electron chi connectivity index (χ1n) is 7.87. The van der Waals surface area contributed by atoms with Gasteiger partial charge >= 0.3 is 0 Å². The summed E-state index contributed by atoms with van der Waals surface area (Å²) in [6.45, 7) is 0.397. The first-order valence-corrected chi connectivity index (χ1v) is 8.66. The number of ether oxygens (including phenoxy) is 1. The fourth-order valence-electron chi connectivity index (χ4n) is 3.10. The molecule has 0 saturated carbocycles. The fourth-order valence-corrected chi connectivity index (χ4v) is 3.48. The molecule has 0 saturated heterocycles. The quantitative estimate of drug-likeness (QED) is 0.778. The number of nitrogens with zero attached hydrogens (tertiary/aromatic N) is 1. The second-order valence-corrected chi connectivity index (χ2v) is 6.73. The molecule has 120 valence electrons. The van der Waals surface area contributed by atoms with Gasteiger partial charge in [-0.05, 0) is 42.2 Å². The number of rotatable bonds is 5. The Balaban J connectivity index is 1.54. The number of amides is 1. The first kappa shape index (κ1) is 16.1. The minimum absolute atomic E-state index is 0.127. The van der Waals surface area contributed by atoms with Crippen molar-refractivity contribution in [2.45, 2.75) is 25.3 Å². The van der Waals surface area contributed by atoms with Crippen molar-refractivity contribution < 1.29 is 9.53 Å². The third-order valence-corrected chi connectivity index (χ3v) is 4.84. The molecule has 23 heavy (non-hydrogen) atoms. The zero-order valence-electron chi connectivity index (χ0n) is 13.2. The normalized spacial score (nSPS) is 16.0. The molecule has 1 amide bonds. The Morgan fingerprint density at radius 3 is 2.91 bits per heavy atom. The molecule has 1 aliphatic rings. The van der Waals surface area contributed by atoms with Gasteiger partial charge in [0.25, 0.3) is 0 Å². The summed E-state index contributed by atoms with van der Waals surface area (Å²) in [6.07, 6.45) is 2.45. The van der Waals surface area contributed by atoms with Crippen molar-refractivity contribution >= 4 is 21.8 Å². The van der Waals surface area contributed by atoms with Crippen LogP contribution in [-0.4, -0.2) is 24.5 Å². The Morgan fingerprint density at radius 2 is 2.09 bits per heavy atom. The van der Waals surface area contributed by atoms with Crippen LogP contribution in [0.3, 0.4) is 0 Å². The average Bonchev–Trinajstić information content (AvgIpc) is 2.98. The Kier molecular flexibility index (Phi) is 5.01. The highest BCUT2D eigenvalue weighted by Crippen LogP contribution is 2.35. The molecule has 2 aromatic carbocycles. The second-order valence-electron chi connectivity index (χ2n) is 5.81. The predicted octanol–water partition coefficient (Wildman–Crippen LogP) is 4.36. The van der Waals surface area contributed by atoms with E-state index in [1.54, 1.807) is 0 Å². The van der Waals surface area contributed by atoms with Crippen LogP contribution in [0.4, 0.5) is 0 Å². The lowest BCUT2D eigenvalue weighted by molar-refractivity contribution is -0.132. The molecule has 3 nitrogen and oxygen atoms in total. The maximum absolute atomic E-state index is 12.4. The molecular formula is C19H20BrNO2. The van der Waals surface area contributed by atoms with Crippen LogP contribution < -0.4 is 4.74 Å². The van der Waals surface area contributed by atoms with Gasteiger partial charge in [-0.1, -0.05) is 46.3 Å². The van der Waals surface area contributed by atoms with Crippen molar-refractivity contribution in [3.63, 3.8) is 0 Å². The van der Waals surface area contributed by atoms with Gasteiger partial charge in [0.1, 0.15) is 5.75 Å². The van der Waals surface area contributed by atoms with E-state index < -0.39 is 0 Å². The SMILES string of the molecule is CN(C(=O)CCOc1cccc(Br)c1)C1CCc2ccccc21. The number of hydrogen-bond donors (Lipinski definition) is 0. The number of aryl methyl sites for hydroxylation is 1. The standard InChI is InChI=1S/C19H20BrNO2/c1-21(18-10-9-14-5-2-3-8-17(14)18)19(22)11-12-23-16-7-4-6-15(20)13-16/h2-8,13,18H,9-12H2,1H3. The number of hydrogen-bond acceptors (Lipinski definition) is 2. The van der Waals surface area contributed by atoms with E-state index in [9.17, 15) is 4.79 Å². The zero-order valence-corrected chi connectivity index (χ0v) is 14.8. The second kappa shape index (κ2) is 7.18. The van der Waals surface area contributed by atoms with Crippen molar-refractivity contribution in [3.05, 3.63) is 64.1 Å². The fraction of sp³-hybridized carbons (Fsp3) is 0.316. The van der Waals surface area contributed by atoms with Crippen LogP contribution in [-0.2, 0) is 11.2 Å². The smallest absolute Gasteiger partial charge is 0.226 e. The van der Waals surface area contributed by atoms with E-state index in [0.29, 0.717) is 13.0 Å². The summed E-state index contributed by atoms with van der Waals surface area (Å²) in [6, 6.07) is 16.3. The topological polar surface area (TPSA) is 29.5 Å². The van der Waals surface area contributed by atoms with Crippen molar-refractivity contribution in [2.24, 2.45) is 0 Å². The van der Waals surface area contributed by atoms with Gasteiger partial charge in [0.05, 0.1) is 19.1 Å². The number of fused-ring (bicyclic) bond motifs is 1. The van der Waals surface area contributed by atoms with E-state index in [0.717, 1.165) is 23.1 Å². The van der Waals surface area contributed by atoms with Crippen LogP contribution in [0.2, 0.25) is 0 Å². The molecule has 0 fully saturated rings. The van der Waals surface area contributed by atoms with Gasteiger partial charge in [0.2, 0.25) is 5.91 Å². The highest BCUT2D eigenvalue weighted by Gasteiger charge is 2.27. The molecule has 0 N–H and O–H groups in total. The lowest BCUT2D eigenvalue weighted by Crippen LogP contribution is -2.31. The van der Waals surface area contributed by atoms with Crippen molar-refractivity contribution in [1.82, 2.24) is 4.90 Å². The van der Waals surface area contributed by atoms with E-state index in [1.165, 1.54) is 11.1 Å². The summed E-state index contributed by atoms with van der Waals surface area (Å²) >= 11 is 3.41. The van der Waals surface area contributed by atoms with E-state index in [-0.39, 0.29) is 11.9 Å². The molecule has 1 unspecified atom stereocenters. The summed E-state index contributed by atoms with van der Waals surface area (Å²) in [5, 5.41) is 0. The maximum Gasteiger partial charge on any atom is 0.226 e.